The van der Waals surface area contributed by atoms with Gasteiger partial charge in [-0.05, 0) is 17.2 Å². The molecular weight excluding hydrogens is 284 g/mol. The number of carbonyl (C=O) groups is 2. The average molecular weight is 296 g/mol. The van der Waals surface area contributed by atoms with Gasteiger partial charge in [0.05, 0.1) is 17.9 Å². The van der Waals surface area contributed by atoms with Crippen molar-refractivity contribution in [2.24, 2.45) is 0 Å². The number of amides is 2. The molecule has 0 fully saturated rings. The van der Waals surface area contributed by atoms with E-state index >= 15 is 0 Å². The van der Waals surface area contributed by atoms with Gasteiger partial charge in [0.2, 0.25) is 5.91 Å². The number of fused-ring (bicyclic) bond motifs is 1. The molecule has 1 heterocycles. The quantitative estimate of drug-likeness (QED) is 0.494. The van der Waals surface area contributed by atoms with Crippen molar-refractivity contribution in [3.8, 4) is 0 Å². The Balaban J connectivity index is 1.90. The second-order valence-electron chi connectivity index (χ2n) is 5.05. The fourth-order valence-electron chi connectivity index (χ4n) is 2.51. The summed E-state index contributed by atoms with van der Waals surface area (Å²) in [5.41, 5.74) is 1.71. The van der Waals surface area contributed by atoms with Crippen LogP contribution in [0.4, 0.5) is 5.69 Å². The Morgan fingerprint density at radius 3 is 2.64 bits per heavy atom. The first kappa shape index (κ1) is 13.9. The molecule has 3 rings (SSSR count). The maximum Gasteiger partial charge on any atom is 0.269 e. The van der Waals surface area contributed by atoms with Crippen LogP contribution in [0.15, 0.2) is 48.5 Å². The standard InChI is InChI=1S/C16H12N2O4/c19-15-9-12-5-1-2-7-14(12)16(20)17(15)10-11-4-3-6-13(8-11)18(21)22/h1-8H,9-10H2. The number of benzene rings is 2. The van der Waals surface area contributed by atoms with E-state index in [4.69, 9.17) is 0 Å². The first-order chi connectivity index (χ1) is 10.6. The Morgan fingerprint density at radius 1 is 1.09 bits per heavy atom. The SMILES string of the molecule is O=C1Cc2ccccc2C(=O)N1Cc1cccc([N+](=O)[O-])c1. The van der Waals surface area contributed by atoms with Crippen molar-refractivity contribution in [2.45, 2.75) is 13.0 Å². The Bertz CT molecular complexity index is 785. The van der Waals surface area contributed by atoms with Crippen molar-refractivity contribution in [1.29, 1.82) is 0 Å². The van der Waals surface area contributed by atoms with E-state index in [0.29, 0.717) is 16.7 Å². The summed E-state index contributed by atoms with van der Waals surface area (Å²) in [5, 5.41) is 10.8. The minimum absolute atomic E-state index is 0.0354. The molecule has 0 saturated heterocycles. The van der Waals surface area contributed by atoms with Gasteiger partial charge in [-0.3, -0.25) is 24.6 Å². The summed E-state index contributed by atoms with van der Waals surface area (Å²) in [5.74, 6) is -0.659. The van der Waals surface area contributed by atoms with Gasteiger partial charge in [0, 0.05) is 17.7 Å². The maximum absolute atomic E-state index is 12.4. The van der Waals surface area contributed by atoms with Crippen LogP contribution < -0.4 is 0 Å². The van der Waals surface area contributed by atoms with Crippen LogP contribution in [-0.4, -0.2) is 21.6 Å². The van der Waals surface area contributed by atoms with Gasteiger partial charge in [-0.25, -0.2) is 0 Å². The first-order valence-corrected chi connectivity index (χ1v) is 6.72. The van der Waals surface area contributed by atoms with Crippen molar-refractivity contribution < 1.29 is 14.5 Å². The lowest BCUT2D eigenvalue weighted by Crippen LogP contribution is -2.41. The monoisotopic (exact) mass is 296 g/mol. The molecule has 22 heavy (non-hydrogen) atoms. The highest BCUT2D eigenvalue weighted by atomic mass is 16.6. The molecule has 6 nitrogen and oxygen atoms in total. The van der Waals surface area contributed by atoms with Crippen LogP contribution in [0.3, 0.4) is 0 Å². The molecule has 1 aliphatic rings. The number of rotatable bonds is 3. The largest absolute Gasteiger partial charge is 0.274 e. The van der Waals surface area contributed by atoms with Crippen molar-refractivity contribution in [3.05, 3.63) is 75.3 Å². The zero-order chi connectivity index (χ0) is 15.7. The van der Waals surface area contributed by atoms with Gasteiger partial charge in [-0.2, -0.15) is 0 Å². The van der Waals surface area contributed by atoms with E-state index in [1.54, 1.807) is 36.4 Å². The van der Waals surface area contributed by atoms with Crippen molar-refractivity contribution in [3.63, 3.8) is 0 Å². The number of hydrogen-bond acceptors (Lipinski definition) is 4. The summed E-state index contributed by atoms with van der Waals surface area (Å²) in [7, 11) is 0. The summed E-state index contributed by atoms with van der Waals surface area (Å²) in [4.78, 5) is 36.0. The predicted octanol–water partition coefficient (Wildman–Crippen LogP) is 2.32. The van der Waals surface area contributed by atoms with Gasteiger partial charge in [-0.1, -0.05) is 30.3 Å². The smallest absolute Gasteiger partial charge is 0.269 e. The number of carbonyl (C=O) groups excluding carboxylic acids is 2. The van der Waals surface area contributed by atoms with Crippen molar-refractivity contribution >= 4 is 17.5 Å². The lowest BCUT2D eigenvalue weighted by Gasteiger charge is -2.26. The highest BCUT2D eigenvalue weighted by Gasteiger charge is 2.30. The van der Waals surface area contributed by atoms with E-state index in [0.717, 1.165) is 4.90 Å². The molecule has 0 aromatic heterocycles. The fourth-order valence-corrected chi connectivity index (χ4v) is 2.51. The van der Waals surface area contributed by atoms with E-state index in [1.807, 2.05) is 0 Å². The van der Waals surface area contributed by atoms with E-state index in [9.17, 15) is 19.7 Å². The van der Waals surface area contributed by atoms with Crippen LogP contribution in [0.1, 0.15) is 21.5 Å². The third-order valence-electron chi connectivity index (χ3n) is 3.60. The average Bonchev–Trinajstić information content (AvgIpc) is 2.52. The second-order valence-corrected chi connectivity index (χ2v) is 5.05. The van der Waals surface area contributed by atoms with E-state index in [-0.39, 0.29) is 30.5 Å². The number of nitro groups is 1. The van der Waals surface area contributed by atoms with Gasteiger partial charge >= 0.3 is 0 Å². The van der Waals surface area contributed by atoms with Crippen LogP contribution >= 0.6 is 0 Å². The number of non-ortho nitro benzene ring substituents is 1. The molecule has 0 atom stereocenters. The van der Waals surface area contributed by atoms with Gasteiger partial charge in [-0.15, -0.1) is 0 Å². The highest BCUT2D eigenvalue weighted by Crippen LogP contribution is 2.22. The molecule has 0 unspecified atom stereocenters. The molecule has 0 aliphatic carbocycles. The molecule has 1 aliphatic heterocycles. The Hall–Kier alpha value is -3.02. The zero-order valence-electron chi connectivity index (χ0n) is 11.6. The van der Waals surface area contributed by atoms with Gasteiger partial charge in [0.25, 0.3) is 11.6 Å². The summed E-state index contributed by atoms with van der Waals surface area (Å²) in [6, 6.07) is 12.9. The Labute approximate surface area is 126 Å². The Morgan fingerprint density at radius 2 is 1.86 bits per heavy atom. The molecule has 6 heteroatoms. The molecular formula is C16H12N2O4. The molecule has 2 aromatic rings. The Kier molecular flexibility index (Phi) is 3.42. The molecule has 110 valence electrons. The van der Waals surface area contributed by atoms with Gasteiger partial charge < -0.3 is 0 Å². The van der Waals surface area contributed by atoms with Crippen LogP contribution in [0.2, 0.25) is 0 Å². The number of nitro benzene ring substituents is 1. The van der Waals surface area contributed by atoms with Crippen LogP contribution in [-0.2, 0) is 17.8 Å². The lowest BCUT2D eigenvalue weighted by atomic mass is 9.98. The topological polar surface area (TPSA) is 80.5 Å². The van der Waals surface area contributed by atoms with Gasteiger partial charge in [0.1, 0.15) is 0 Å². The number of nitrogens with zero attached hydrogens (tertiary/aromatic N) is 2. The number of imide groups is 1. The molecule has 0 spiro atoms. The van der Waals surface area contributed by atoms with Crippen LogP contribution in [0.25, 0.3) is 0 Å². The minimum Gasteiger partial charge on any atom is -0.274 e. The normalized spacial score (nSPS) is 13.9. The summed E-state index contributed by atoms with van der Waals surface area (Å²) < 4.78 is 0. The molecule has 0 bridgehead atoms. The fraction of sp³-hybridized carbons (Fsp3) is 0.125. The lowest BCUT2D eigenvalue weighted by molar-refractivity contribution is -0.384. The third kappa shape index (κ3) is 2.46. The molecule has 0 radical (unpaired) electrons. The predicted molar refractivity (Wildman–Crippen MR) is 78.1 cm³/mol. The number of hydrogen-bond donors (Lipinski definition) is 0. The maximum atomic E-state index is 12.4. The van der Waals surface area contributed by atoms with E-state index in [2.05, 4.69) is 0 Å². The van der Waals surface area contributed by atoms with E-state index in [1.165, 1.54) is 12.1 Å². The summed E-state index contributed by atoms with van der Waals surface area (Å²) in [6.45, 7) is 0.0354. The summed E-state index contributed by atoms with van der Waals surface area (Å²) in [6.07, 6.45) is 0.164. The second kappa shape index (κ2) is 5.40. The minimum atomic E-state index is -0.501. The molecule has 0 N–H and O–H groups in total. The first-order valence-electron chi connectivity index (χ1n) is 6.72. The van der Waals surface area contributed by atoms with Crippen molar-refractivity contribution in [1.82, 2.24) is 4.90 Å². The van der Waals surface area contributed by atoms with Crippen LogP contribution in [0, 0.1) is 10.1 Å². The van der Waals surface area contributed by atoms with E-state index < -0.39 is 4.92 Å². The van der Waals surface area contributed by atoms with Crippen LogP contribution in [0.5, 0.6) is 0 Å². The highest BCUT2D eigenvalue weighted by molar-refractivity contribution is 6.09. The van der Waals surface area contributed by atoms with Gasteiger partial charge in [0.15, 0.2) is 0 Å². The molecule has 2 aromatic carbocycles. The summed E-state index contributed by atoms with van der Waals surface area (Å²) >= 11 is 0. The third-order valence-corrected chi connectivity index (χ3v) is 3.60. The van der Waals surface area contributed by atoms with Crippen molar-refractivity contribution in [2.75, 3.05) is 0 Å². The molecule has 0 saturated carbocycles. The zero-order valence-corrected chi connectivity index (χ0v) is 11.6. The molecule has 2 amide bonds.